The summed E-state index contributed by atoms with van der Waals surface area (Å²) in [5, 5.41) is 15.9. The van der Waals surface area contributed by atoms with E-state index in [0.717, 1.165) is 19.0 Å². The lowest BCUT2D eigenvalue weighted by Crippen LogP contribution is -2.43. The van der Waals surface area contributed by atoms with Gasteiger partial charge in [-0.3, -0.25) is 5.10 Å². The maximum Gasteiger partial charge on any atom is 0.216 e. The lowest BCUT2D eigenvalue weighted by molar-refractivity contribution is 0.518. The molecule has 3 heterocycles. The molecule has 3 N–H and O–H groups in total. The van der Waals surface area contributed by atoms with Crippen molar-refractivity contribution in [3.63, 3.8) is 0 Å². The molecule has 7 nitrogen and oxygen atoms in total. The molecule has 3 rings (SSSR count). The summed E-state index contributed by atoms with van der Waals surface area (Å²) < 4.78 is 5.30. The number of aromatic amines is 1. The molecule has 0 aliphatic heterocycles. The number of nitrogens with zero attached hydrogens (tertiary/aromatic N) is 3. The Kier molecular flexibility index (Phi) is 7.84. The van der Waals surface area contributed by atoms with Gasteiger partial charge in [-0.05, 0) is 30.5 Å². The summed E-state index contributed by atoms with van der Waals surface area (Å²) in [6.45, 7) is 8.48. The van der Waals surface area contributed by atoms with Crippen LogP contribution in [0.4, 0.5) is 0 Å². The molecule has 0 bridgehead atoms. The van der Waals surface area contributed by atoms with Gasteiger partial charge in [-0.2, -0.15) is 0 Å². The number of rotatable bonds is 7. The first kappa shape index (κ1) is 21.4. The molecule has 0 amide bonds. The minimum absolute atomic E-state index is 0. The smallest absolute Gasteiger partial charge is 0.216 e. The highest BCUT2D eigenvalue weighted by atomic mass is 127. The maximum absolute atomic E-state index is 5.30. The van der Waals surface area contributed by atoms with Gasteiger partial charge in [0.2, 0.25) is 5.82 Å². The first-order valence-electron chi connectivity index (χ1n) is 8.60. The second-order valence-corrected chi connectivity index (χ2v) is 7.44. The van der Waals surface area contributed by atoms with Crippen molar-refractivity contribution in [1.29, 1.82) is 0 Å². The van der Waals surface area contributed by atoms with Crippen LogP contribution in [0.1, 0.15) is 31.5 Å². The topological polar surface area (TPSA) is 91.1 Å². The Morgan fingerprint density at radius 3 is 2.81 bits per heavy atom. The number of aromatic nitrogens is 3. The van der Waals surface area contributed by atoms with Gasteiger partial charge < -0.3 is 15.1 Å². The molecule has 0 unspecified atom stereocenters. The largest absolute Gasteiger partial charge is 0.461 e. The lowest BCUT2D eigenvalue weighted by atomic mass is 9.91. The molecule has 3 aromatic rings. The highest BCUT2D eigenvalue weighted by Gasteiger charge is 2.22. The Morgan fingerprint density at radius 2 is 2.15 bits per heavy atom. The minimum Gasteiger partial charge on any atom is -0.461 e. The molecule has 0 aliphatic carbocycles. The highest BCUT2D eigenvalue weighted by molar-refractivity contribution is 14.0. The Hall–Kier alpha value is -1.88. The van der Waals surface area contributed by atoms with Crippen LogP contribution in [0.15, 0.2) is 45.3 Å². The SMILES string of the molecule is CCNC(=NCc1nc(-c2ccco2)n[nH]1)NCC(C)(C)c1cccs1.I. The fourth-order valence-electron chi connectivity index (χ4n) is 2.43. The number of aliphatic imine (C=N–C) groups is 1. The molecule has 0 atom stereocenters. The number of guanidine groups is 1. The average Bonchev–Trinajstić information content (AvgIpc) is 3.39. The van der Waals surface area contributed by atoms with E-state index in [4.69, 9.17) is 4.42 Å². The number of hydrogen-bond donors (Lipinski definition) is 3. The number of halogens is 1. The summed E-state index contributed by atoms with van der Waals surface area (Å²) in [6, 6.07) is 7.89. The summed E-state index contributed by atoms with van der Waals surface area (Å²) in [6.07, 6.45) is 1.60. The van der Waals surface area contributed by atoms with E-state index in [1.807, 2.05) is 19.1 Å². The molecule has 0 spiro atoms. The van der Waals surface area contributed by atoms with Crippen LogP contribution in [0.2, 0.25) is 0 Å². The van der Waals surface area contributed by atoms with Gasteiger partial charge in [-0.15, -0.1) is 40.4 Å². The molecule has 9 heteroatoms. The zero-order chi connectivity index (χ0) is 18.4. The van der Waals surface area contributed by atoms with Gasteiger partial charge in [-0.25, -0.2) is 9.98 Å². The van der Waals surface area contributed by atoms with E-state index in [0.29, 0.717) is 24.0 Å². The molecular weight excluding hydrogens is 475 g/mol. The molecule has 27 heavy (non-hydrogen) atoms. The van der Waals surface area contributed by atoms with Crippen molar-refractivity contribution >= 4 is 41.3 Å². The molecule has 0 fully saturated rings. The predicted molar refractivity (Wildman–Crippen MR) is 120 cm³/mol. The average molecular weight is 500 g/mol. The molecule has 0 saturated carbocycles. The van der Waals surface area contributed by atoms with E-state index >= 15 is 0 Å². The second-order valence-electron chi connectivity index (χ2n) is 6.49. The van der Waals surface area contributed by atoms with Crippen LogP contribution >= 0.6 is 35.3 Å². The third kappa shape index (κ3) is 5.80. The fraction of sp³-hybridized carbons (Fsp3) is 0.389. The van der Waals surface area contributed by atoms with Crippen molar-refractivity contribution in [3.05, 3.63) is 46.6 Å². The van der Waals surface area contributed by atoms with Crippen molar-refractivity contribution in [3.8, 4) is 11.6 Å². The van der Waals surface area contributed by atoms with Crippen molar-refractivity contribution < 1.29 is 4.42 Å². The van der Waals surface area contributed by atoms with Crippen molar-refractivity contribution in [2.75, 3.05) is 13.1 Å². The molecular formula is C18H25IN6OS. The van der Waals surface area contributed by atoms with Gasteiger partial charge in [-0.1, -0.05) is 19.9 Å². The van der Waals surface area contributed by atoms with E-state index in [2.05, 4.69) is 62.2 Å². The molecule has 0 saturated heterocycles. The monoisotopic (exact) mass is 500 g/mol. The normalized spacial score (nSPS) is 11.9. The lowest BCUT2D eigenvalue weighted by Gasteiger charge is -2.25. The van der Waals surface area contributed by atoms with Gasteiger partial charge >= 0.3 is 0 Å². The van der Waals surface area contributed by atoms with Crippen molar-refractivity contribution in [2.45, 2.75) is 32.7 Å². The molecule has 3 aromatic heterocycles. The van der Waals surface area contributed by atoms with E-state index < -0.39 is 0 Å². The van der Waals surface area contributed by atoms with Gasteiger partial charge in [0.25, 0.3) is 0 Å². The Balaban J connectivity index is 0.00000261. The summed E-state index contributed by atoms with van der Waals surface area (Å²) in [4.78, 5) is 10.4. The van der Waals surface area contributed by atoms with Crippen LogP contribution in [0.25, 0.3) is 11.6 Å². The Labute approximate surface area is 180 Å². The van der Waals surface area contributed by atoms with Crippen LogP contribution < -0.4 is 10.6 Å². The zero-order valence-electron chi connectivity index (χ0n) is 15.7. The summed E-state index contributed by atoms with van der Waals surface area (Å²) in [5.41, 5.74) is 0.0308. The molecule has 146 valence electrons. The Morgan fingerprint density at radius 1 is 1.30 bits per heavy atom. The zero-order valence-corrected chi connectivity index (χ0v) is 18.8. The van der Waals surface area contributed by atoms with Crippen LogP contribution in [-0.4, -0.2) is 34.2 Å². The van der Waals surface area contributed by atoms with Gasteiger partial charge in [0.1, 0.15) is 12.4 Å². The standard InChI is InChI=1S/C18H24N6OS.HI/c1-4-19-17(21-12-18(2,3)14-8-6-10-26-14)20-11-15-22-16(24-23-15)13-7-5-9-25-13;/h5-10H,4,11-12H2,1-3H3,(H2,19,20,21)(H,22,23,24);1H. The third-order valence-electron chi connectivity index (χ3n) is 3.89. The summed E-state index contributed by atoms with van der Waals surface area (Å²) in [5.74, 6) is 2.62. The number of nitrogens with one attached hydrogen (secondary N) is 3. The highest BCUT2D eigenvalue weighted by Crippen LogP contribution is 2.26. The quantitative estimate of drug-likeness (QED) is 0.261. The van der Waals surface area contributed by atoms with Crippen molar-refractivity contribution in [1.82, 2.24) is 25.8 Å². The third-order valence-corrected chi connectivity index (χ3v) is 5.13. The van der Waals surface area contributed by atoms with E-state index in [9.17, 15) is 0 Å². The van der Waals surface area contributed by atoms with Crippen LogP contribution in [0, 0.1) is 0 Å². The number of hydrogen-bond acceptors (Lipinski definition) is 5. The van der Waals surface area contributed by atoms with Crippen LogP contribution in [0.5, 0.6) is 0 Å². The first-order valence-corrected chi connectivity index (χ1v) is 9.48. The molecule has 0 aliphatic rings. The van der Waals surface area contributed by atoms with Crippen LogP contribution in [-0.2, 0) is 12.0 Å². The summed E-state index contributed by atoms with van der Waals surface area (Å²) in [7, 11) is 0. The second kappa shape index (κ2) is 9.88. The first-order chi connectivity index (χ1) is 12.6. The fourth-order valence-corrected chi connectivity index (χ4v) is 3.29. The van der Waals surface area contributed by atoms with Crippen molar-refractivity contribution in [2.24, 2.45) is 4.99 Å². The maximum atomic E-state index is 5.30. The number of thiophene rings is 1. The van der Waals surface area contributed by atoms with Gasteiger partial charge in [0, 0.05) is 23.4 Å². The number of furan rings is 1. The number of H-pyrrole nitrogens is 1. The van der Waals surface area contributed by atoms with E-state index in [-0.39, 0.29) is 29.4 Å². The Bertz CT molecular complexity index is 826. The molecule has 0 aromatic carbocycles. The molecule has 0 radical (unpaired) electrons. The minimum atomic E-state index is 0. The van der Waals surface area contributed by atoms with E-state index in [1.54, 1.807) is 17.6 Å². The van der Waals surface area contributed by atoms with Crippen LogP contribution in [0.3, 0.4) is 0 Å². The summed E-state index contributed by atoms with van der Waals surface area (Å²) >= 11 is 1.77. The van der Waals surface area contributed by atoms with Gasteiger partial charge in [0.15, 0.2) is 11.7 Å². The predicted octanol–water partition coefficient (Wildman–Crippen LogP) is 3.78. The van der Waals surface area contributed by atoms with Gasteiger partial charge in [0.05, 0.1) is 6.26 Å². The van der Waals surface area contributed by atoms with E-state index in [1.165, 1.54) is 4.88 Å².